The molecule has 2 aliphatic rings. The van der Waals surface area contributed by atoms with Crippen LogP contribution in [-0.2, 0) is 4.79 Å². The van der Waals surface area contributed by atoms with E-state index in [0.717, 1.165) is 0 Å². The van der Waals surface area contributed by atoms with Gasteiger partial charge in [0.1, 0.15) is 0 Å². The number of rotatable bonds is 2. The van der Waals surface area contributed by atoms with Gasteiger partial charge < -0.3 is 5.11 Å². The molecular formula is C10H12F2O2. The normalized spacial score (nSPS) is 39.6. The second-order valence-corrected chi connectivity index (χ2v) is 4.74. The Morgan fingerprint density at radius 3 is 2.36 bits per heavy atom. The molecule has 2 atom stereocenters. The molecule has 14 heavy (non-hydrogen) atoms. The largest absolute Gasteiger partial charge is 0.481 e. The standard InChI is InChI=1S/C10H12F2O2/c1-9(2)6(7(9)8(13)14)3-5-4-10(5,11)12/h3,6-7H,4H2,1-2H3,(H,13,14)/b5-3+/t6-,7-/m0/s1. The van der Waals surface area contributed by atoms with E-state index in [9.17, 15) is 13.6 Å². The Hall–Kier alpha value is -0.930. The van der Waals surface area contributed by atoms with Crippen LogP contribution in [0.25, 0.3) is 0 Å². The van der Waals surface area contributed by atoms with Gasteiger partial charge in [-0.1, -0.05) is 19.9 Å². The van der Waals surface area contributed by atoms with Crippen LogP contribution in [-0.4, -0.2) is 17.0 Å². The van der Waals surface area contributed by atoms with Gasteiger partial charge in [-0.2, -0.15) is 0 Å². The summed E-state index contributed by atoms with van der Waals surface area (Å²) in [7, 11) is 0. The average Bonchev–Trinajstić information content (AvgIpc) is 2.72. The lowest BCUT2D eigenvalue weighted by Gasteiger charge is -1.96. The van der Waals surface area contributed by atoms with E-state index in [0.29, 0.717) is 0 Å². The first-order chi connectivity index (χ1) is 6.27. The number of carboxylic acid groups (broad SMARTS) is 1. The number of carboxylic acids is 1. The van der Waals surface area contributed by atoms with Crippen molar-refractivity contribution in [2.24, 2.45) is 17.3 Å². The predicted molar refractivity (Wildman–Crippen MR) is 46.0 cm³/mol. The summed E-state index contributed by atoms with van der Waals surface area (Å²) >= 11 is 0. The summed E-state index contributed by atoms with van der Waals surface area (Å²) < 4.78 is 25.1. The highest BCUT2D eigenvalue weighted by Crippen LogP contribution is 2.62. The molecule has 2 saturated carbocycles. The highest BCUT2D eigenvalue weighted by Gasteiger charge is 2.63. The number of alkyl halides is 2. The van der Waals surface area contributed by atoms with Crippen LogP contribution < -0.4 is 0 Å². The third-order valence-electron chi connectivity index (χ3n) is 3.31. The molecule has 2 rings (SSSR count). The van der Waals surface area contributed by atoms with Crippen molar-refractivity contribution < 1.29 is 18.7 Å². The first-order valence-electron chi connectivity index (χ1n) is 4.58. The van der Waals surface area contributed by atoms with Crippen LogP contribution in [0.3, 0.4) is 0 Å². The average molecular weight is 202 g/mol. The van der Waals surface area contributed by atoms with Crippen LogP contribution >= 0.6 is 0 Å². The van der Waals surface area contributed by atoms with E-state index >= 15 is 0 Å². The second-order valence-electron chi connectivity index (χ2n) is 4.74. The van der Waals surface area contributed by atoms with Gasteiger partial charge in [0.05, 0.1) is 5.92 Å². The third kappa shape index (κ3) is 1.24. The number of hydrogen-bond donors (Lipinski definition) is 1. The van der Waals surface area contributed by atoms with E-state index < -0.39 is 17.8 Å². The maximum Gasteiger partial charge on any atom is 0.307 e. The molecule has 1 N–H and O–H groups in total. The molecule has 0 aromatic carbocycles. The van der Waals surface area contributed by atoms with Crippen molar-refractivity contribution in [2.75, 3.05) is 0 Å². The second kappa shape index (κ2) is 2.35. The maximum absolute atomic E-state index is 12.5. The Kier molecular flexibility index (Phi) is 1.62. The maximum atomic E-state index is 12.5. The molecule has 0 bridgehead atoms. The molecule has 0 amide bonds. The highest BCUT2D eigenvalue weighted by molar-refractivity contribution is 5.76. The topological polar surface area (TPSA) is 37.3 Å². The van der Waals surface area contributed by atoms with Gasteiger partial charge in [0.15, 0.2) is 0 Å². The summed E-state index contributed by atoms with van der Waals surface area (Å²) in [4.78, 5) is 10.7. The lowest BCUT2D eigenvalue weighted by molar-refractivity contribution is -0.139. The zero-order chi connectivity index (χ0) is 10.7. The fourth-order valence-electron chi connectivity index (χ4n) is 2.05. The van der Waals surface area contributed by atoms with E-state index in [2.05, 4.69) is 0 Å². The van der Waals surface area contributed by atoms with Crippen LogP contribution in [0.5, 0.6) is 0 Å². The molecule has 0 saturated heterocycles. The minimum atomic E-state index is -2.65. The Labute approximate surface area is 80.6 Å². The summed E-state index contributed by atoms with van der Waals surface area (Å²) in [6.45, 7) is 3.60. The molecule has 0 spiro atoms. The molecule has 2 fully saturated rings. The Morgan fingerprint density at radius 1 is 1.57 bits per heavy atom. The molecule has 0 unspecified atom stereocenters. The zero-order valence-corrected chi connectivity index (χ0v) is 8.05. The van der Waals surface area contributed by atoms with E-state index in [-0.39, 0.29) is 23.3 Å². The number of carbonyl (C=O) groups is 1. The van der Waals surface area contributed by atoms with Crippen molar-refractivity contribution in [2.45, 2.75) is 26.2 Å². The number of halogens is 2. The fraction of sp³-hybridized carbons (Fsp3) is 0.700. The van der Waals surface area contributed by atoms with Gasteiger partial charge in [-0.05, 0) is 11.3 Å². The van der Waals surface area contributed by atoms with Crippen molar-refractivity contribution in [1.82, 2.24) is 0 Å². The van der Waals surface area contributed by atoms with Gasteiger partial charge in [-0.25, -0.2) is 8.78 Å². The van der Waals surface area contributed by atoms with Crippen LogP contribution in [0.15, 0.2) is 11.6 Å². The van der Waals surface area contributed by atoms with Crippen molar-refractivity contribution in [1.29, 1.82) is 0 Å². The minimum absolute atomic E-state index is 0.110. The van der Waals surface area contributed by atoms with E-state index in [1.54, 1.807) is 13.8 Å². The molecule has 0 aromatic rings. The van der Waals surface area contributed by atoms with Crippen LogP contribution in [0, 0.1) is 17.3 Å². The van der Waals surface area contributed by atoms with Gasteiger partial charge in [-0.15, -0.1) is 0 Å². The van der Waals surface area contributed by atoms with Crippen molar-refractivity contribution in [3.05, 3.63) is 11.6 Å². The molecule has 4 heteroatoms. The summed E-state index contributed by atoms with van der Waals surface area (Å²) in [5, 5.41) is 8.81. The smallest absolute Gasteiger partial charge is 0.307 e. The predicted octanol–water partition coefficient (Wildman–Crippen LogP) is 2.31. The lowest BCUT2D eigenvalue weighted by atomic mass is 10.1. The summed E-state index contributed by atoms with van der Waals surface area (Å²) in [5.41, 5.74) is -0.253. The molecule has 78 valence electrons. The Morgan fingerprint density at radius 2 is 2.07 bits per heavy atom. The number of hydrogen-bond acceptors (Lipinski definition) is 1. The lowest BCUT2D eigenvalue weighted by Crippen LogP contribution is -2.03. The number of allylic oxidation sites excluding steroid dienone is 2. The first-order valence-corrected chi connectivity index (χ1v) is 4.58. The highest BCUT2D eigenvalue weighted by atomic mass is 19.3. The SMILES string of the molecule is CC1(C)[C@H](C(=O)O)[C@@H]1/C=C1\CC1(F)F. The molecule has 0 radical (unpaired) electrons. The Bertz CT molecular complexity index is 331. The van der Waals surface area contributed by atoms with E-state index in [4.69, 9.17) is 5.11 Å². The van der Waals surface area contributed by atoms with Gasteiger partial charge in [0, 0.05) is 12.0 Å². The first kappa shape index (κ1) is 9.62. The molecule has 0 aromatic heterocycles. The van der Waals surface area contributed by atoms with Crippen molar-refractivity contribution in [3.63, 3.8) is 0 Å². The molecule has 2 nitrogen and oxygen atoms in total. The fourth-order valence-corrected chi connectivity index (χ4v) is 2.05. The van der Waals surface area contributed by atoms with Crippen LogP contribution in [0.1, 0.15) is 20.3 Å². The van der Waals surface area contributed by atoms with E-state index in [1.807, 2.05) is 0 Å². The molecule has 0 heterocycles. The quantitative estimate of drug-likeness (QED) is 0.697. The van der Waals surface area contributed by atoms with E-state index in [1.165, 1.54) is 6.08 Å². The molecule has 2 aliphatic carbocycles. The summed E-state index contributed by atoms with van der Waals surface area (Å²) in [5.74, 6) is -4.25. The van der Waals surface area contributed by atoms with Crippen molar-refractivity contribution >= 4 is 5.97 Å². The molecule has 0 aliphatic heterocycles. The van der Waals surface area contributed by atoms with Crippen LogP contribution in [0.4, 0.5) is 8.78 Å². The number of aliphatic carboxylic acids is 1. The summed E-state index contributed by atoms with van der Waals surface area (Å²) in [6, 6.07) is 0. The molecular weight excluding hydrogens is 190 g/mol. The third-order valence-corrected chi connectivity index (χ3v) is 3.31. The van der Waals surface area contributed by atoms with Crippen LogP contribution in [0.2, 0.25) is 0 Å². The summed E-state index contributed by atoms with van der Waals surface area (Å²) in [6.07, 6.45) is 1.27. The Balaban J connectivity index is 2.10. The van der Waals surface area contributed by atoms with Gasteiger partial charge in [0.2, 0.25) is 0 Å². The zero-order valence-electron chi connectivity index (χ0n) is 8.05. The van der Waals surface area contributed by atoms with Gasteiger partial charge >= 0.3 is 5.97 Å². The monoisotopic (exact) mass is 202 g/mol. The van der Waals surface area contributed by atoms with Crippen molar-refractivity contribution in [3.8, 4) is 0 Å². The van der Waals surface area contributed by atoms with Gasteiger partial charge in [-0.3, -0.25) is 4.79 Å². The minimum Gasteiger partial charge on any atom is -0.481 e. The van der Waals surface area contributed by atoms with Gasteiger partial charge in [0.25, 0.3) is 5.92 Å².